The molecule has 0 aliphatic heterocycles. The zero-order valence-corrected chi connectivity index (χ0v) is 19.8. The lowest BCUT2D eigenvalue weighted by Crippen LogP contribution is -2.51. The zero-order chi connectivity index (χ0) is 20.7. The van der Waals surface area contributed by atoms with E-state index < -0.39 is 11.5 Å². The van der Waals surface area contributed by atoms with E-state index in [1.807, 2.05) is 34.9 Å². The van der Waals surface area contributed by atoms with Crippen molar-refractivity contribution in [3.05, 3.63) is 5.89 Å². The summed E-state index contributed by atoms with van der Waals surface area (Å²) in [6.45, 7) is 6.68. The summed E-state index contributed by atoms with van der Waals surface area (Å²) in [7, 11) is 3.99. The topological polar surface area (TPSA) is 88.3 Å². The second kappa shape index (κ2) is 11.9. The third-order valence-corrected chi connectivity index (χ3v) is 5.82. The lowest BCUT2D eigenvalue weighted by atomic mass is 9.83. The maximum atomic E-state index is 13.0. The van der Waals surface area contributed by atoms with Crippen molar-refractivity contribution in [1.29, 1.82) is 0 Å². The molecule has 1 N–H and O–H groups in total. The van der Waals surface area contributed by atoms with Crippen LogP contribution in [0.25, 0.3) is 0 Å². The van der Waals surface area contributed by atoms with Crippen LogP contribution in [-0.4, -0.2) is 59.2 Å². The number of carbonyl (C=O) groups excluding carboxylic acids is 2. The summed E-state index contributed by atoms with van der Waals surface area (Å²) < 4.78 is 5.57. The Kier molecular flexibility index (Phi) is 10.6. The average molecular weight is 447 g/mol. The van der Waals surface area contributed by atoms with Crippen molar-refractivity contribution in [2.75, 3.05) is 26.4 Å². The summed E-state index contributed by atoms with van der Waals surface area (Å²) in [6, 6.07) is -0.691. The van der Waals surface area contributed by atoms with Gasteiger partial charge in [0.25, 0.3) is 11.1 Å². The predicted octanol–water partition coefficient (Wildman–Crippen LogP) is 3.83. The number of nitrogens with zero attached hydrogens (tertiary/aromatic N) is 3. The molecule has 0 unspecified atom stereocenters. The van der Waals surface area contributed by atoms with E-state index in [1.165, 1.54) is 24.6 Å². The van der Waals surface area contributed by atoms with E-state index in [1.54, 1.807) is 0 Å². The van der Waals surface area contributed by atoms with Crippen LogP contribution in [0.4, 0.5) is 0 Å². The minimum absolute atomic E-state index is 0. The molecule has 166 valence electrons. The Morgan fingerprint density at radius 2 is 1.79 bits per heavy atom. The summed E-state index contributed by atoms with van der Waals surface area (Å²) in [4.78, 5) is 27.9. The number of amides is 1. The Balaban J connectivity index is 0.00000420. The molecule has 1 saturated carbocycles. The molecule has 0 aromatic carbocycles. The molecule has 29 heavy (non-hydrogen) atoms. The maximum Gasteiger partial charge on any atom is 0.286 e. The molecule has 9 heteroatoms. The number of hydrogen-bond donors (Lipinski definition) is 1. The van der Waals surface area contributed by atoms with Crippen LogP contribution in [0.5, 0.6) is 0 Å². The van der Waals surface area contributed by atoms with E-state index in [0.717, 1.165) is 38.0 Å². The third-order valence-electron chi connectivity index (χ3n) is 5.02. The number of hydrogen-bond acceptors (Lipinski definition) is 7. The molecule has 7 nitrogen and oxygen atoms in total. The van der Waals surface area contributed by atoms with Gasteiger partial charge in [0.1, 0.15) is 6.04 Å². The van der Waals surface area contributed by atoms with Gasteiger partial charge >= 0.3 is 0 Å². The normalized spacial score (nSPS) is 16.8. The van der Waals surface area contributed by atoms with Crippen LogP contribution >= 0.6 is 24.2 Å². The van der Waals surface area contributed by atoms with Crippen molar-refractivity contribution < 1.29 is 14.0 Å². The number of ketones is 1. The molecule has 1 aromatic heterocycles. The molecule has 1 aromatic rings. The first-order chi connectivity index (χ1) is 13.2. The Morgan fingerprint density at radius 3 is 2.34 bits per heavy atom. The van der Waals surface area contributed by atoms with Crippen molar-refractivity contribution >= 4 is 35.9 Å². The number of thioether (sulfide) groups is 1. The fourth-order valence-electron chi connectivity index (χ4n) is 3.28. The predicted molar refractivity (Wildman–Crippen MR) is 118 cm³/mol. The van der Waals surface area contributed by atoms with Crippen molar-refractivity contribution in [2.24, 2.45) is 11.3 Å². The lowest BCUT2D eigenvalue weighted by molar-refractivity contribution is -0.126. The quantitative estimate of drug-likeness (QED) is 0.368. The molecule has 0 saturated heterocycles. The van der Waals surface area contributed by atoms with Crippen molar-refractivity contribution in [3.63, 3.8) is 0 Å². The number of nitrogens with one attached hydrogen (secondary N) is 1. The first-order valence-electron chi connectivity index (χ1n) is 10.1. The lowest BCUT2D eigenvalue weighted by Gasteiger charge is -2.30. The summed E-state index contributed by atoms with van der Waals surface area (Å²) in [5.41, 5.74) is -0.454. The second-order valence-corrected chi connectivity index (χ2v) is 9.93. The third kappa shape index (κ3) is 8.26. The molecule has 0 radical (unpaired) electrons. The summed E-state index contributed by atoms with van der Waals surface area (Å²) in [6.07, 6.45) is 6.30. The fraction of sp³-hybridized carbons (Fsp3) is 0.800. The van der Waals surface area contributed by atoms with Gasteiger partial charge in [-0.3, -0.25) is 9.59 Å². The fourth-order valence-corrected chi connectivity index (χ4v) is 4.15. The van der Waals surface area contributed by atoms with E-state index in [9.17, 15) is 9.59 Å². The number of halogens is 1. The van der Waals surface area contributed by atoms with Crippen LogP contribution in [-0.2, 0) is 4.79 Å². The molecular formula is C20H35ClN4O3S. The van der Waals surface area contributed by atoms with Crippen molar-refractivity contribution in [3.8, 4) is 0 Å². The van der Waals surface area contributed by atoms with Crippen LogP contribution in [0.3, 0.4) is 0 Å². The molecule has 1 fully saturated rings. The van der Waals surface area contributed by atoms with Crippen LogP contribution in [0.1, 0.15) is 70.0 Å². The number of rotatable bonds is 8. The molecular weight excluding hydrogens is 412 g/mol. The van der Waals surface area contributed by atoms with E-state index in [4.69, 9.17) is 4.42 Å². The zero-order valence-electron chi connectivity index (χ0n) is 18.2. The van der Waals surface area contributed by atoms with Crippen molar-refractivity contribution in [1.82, 2.24) is 20.4 Å². The highest BCUT2D eigenvalue weighted by Gasteiger charge is 2.37. The summed E-state index contributed by atoms with van der Waals surface area (Å²) in [5.74, 6) is 0.398. The van der Waals surface area contributed by atoms with Crippen LogP contribution in [0, 0.1) is 11.3 Å². The number of Topliss-reactive ketones (excluding diaryl/α,β-unsaturated/α-hetero) is 1. The van der Waals surface area contributed by atoms with Gasteiger partial charge in [-0.1, -0.05) is 58.2 Å². The van der Waals surface area contributed by atoms with E-state index in [2.05, 4.69) is 20.4 Å². The minimum atomic E-state index is -0.691. The second-order valence-electron chi connectivity index (χ2n) is 8.89. The molecule has 2 rings (SSSR count). The Morgan fingerprint density at radius 1 is 1.17 bits per heavy atom. The van der Waals surface area contributed by atoms with Crippen LogP contribution in [0.15, 0.2) is 9.64 Å². The Labute approximate surface area is 184 Å². The Bertz CT molecular complexity index is 652. The number of carbonyl (C=O) groups is 2. The maximum absolute atomic E-state index is 13.0. The van der Waals surface area contributed by atoms with Gasteiger partial charge in [0.2, 0.25) is 11.7 Å². The molecule has 1 aliphatic carbocycles. The van der Waals surface area contributed by atoms with E-state index in [0.29, 0.717) is 5.22 Å². The van der Waals surface area contributed by atoms with Gasteiger partial charge in [-0.25, -0.2) is 0 Å². The first-order valence-corrected chi connectivity index (χ1v) is 11.1. The van der Waals surface area contributed by atoms with Gasteiger partial charge < -0.3 is 14.6 Å². The minimum Gasteiger partial charge on any atom is -0.408 e. The molecule has 1 heterocycles. The van der Waals surface area contributed by atoms with E-state index in [-0.39, 0.29) is 35.9 Å². The molecule has 0 bridgehead atoms. The van der Waals surface area contributed by atoms with E-state index >= 15 is 0 Å². The summed E-state index contributed by atoms with van der Waals surface area (Å²) in [5, 5.41) is 11.3. The highest BCUT2D eigenvalue weighted by Crippen LogP contribution is 2.27. The SMILES string of the molecule is CN(C)CCSc1nnc(C(=O)[C@@H](NC(=O)C2CCCCCC2)C(C)(C)C)o1.Cl. The monoisotopic (exact) mass is 446 g/mol. The molecule has 1 amide bonds. The van der Waals surface area contributed by atoms with Crippen LogP contribution in [0.2, 0.25) is 0 Å². The van der Waals surface area contributed by atoms with Gasteiger partial charge in [0.05, 0.1) is 0 Å². The Hall–Kier alpha value is -1.12. The number of aromatic nitrogens is 2. The highest BCUT2D eigenvalue weighted by molar-refractivity contribution is 7.99. The largest absolute Gasteiger partial charge is 0.408 e. The van der Waals surface area contributed by atoms with Gasteiger partial charge in [-0.05, 0) is 32.4 Å². The van der Waals surface area contributed by atoms with Gasteiger partial charge in [0.15, 0.2) is 0 Å². The molecule has 0 spiro atoms. The average Bonchev–Trinajstić information content (AvgIpc) is 2.90. The van der Waals surface area contributed by atoms with Crippen molar-refractivity contribution in [2.45, 2.75) is 70.6 Å². The smallest absolute Gasteiger partial charge is 0.286 e. The highest BCUT2D eigenvalue weighted by atomic mass is 35.5. The molecule has 1 aliphatic rings. The van der Waals surface area contributed by atoms with Crippen LogP contribution < -0.4 is 5.32 Å². The molecule has 1 atom stereocenters. The van der Waals surface area contributed by atoms with Gasteiger partial charge in [0, 0.05) is 18.2 Å². The van der Waals surface area contributed by atoms with Gasteiger partial charge in [-0.15, -0.1) is 22.6 Å². The first kappa shape index (κ1) is 25.9. The summed E-state index contributed by atoms with van der Waals surface area (Å²) >= 11 is 1.42. The van der Waals surface area contributed by atoms with Gasteiger partial charge in [-0.2, -0.15) is 0 Å². The standard InChI is InChI=1S/C20H34N4O3S.ClH/c1-20(2,3)16(21-17(26)14-10-8-6-7-9-11-14)15(25)18-22-23-19(27-18)28-13-12-24(4)5;/h14,16H,6-13H2,1-5H3,(H,21,26);1H/t16-;/m1./s1.